The van der Waals surface area contributed by atoms with Crippen LogP contribution in [0, 0.1) is 0 Å². The highest BCUT2D eigenvalue weighted by molar-refractivity contribution is 5.37. The summed E-state index contributed by atoms with van der Waals surface area (Å²) in [5.74, 6) is 1.59. The van der Waals surface area contributed by atoms with Crippen LogP contribution in [-0.4, -0.2) is 22.8 Å². The van der Waals surface area contributed by atoms with E-state index in [1.807, 2.05) is 6.07 Å². The molecule has 4 heteroatoms. The summed E-state index contributed by atoms with van der Waals surface area (Å²) in [4.78, 5) is 0. The molecule has 1 aromatic heterocycles. The Morgan fingerprint density at radius 1 is 1.14 bits per heavy atom. The van der Waals surface area contributed by atoms with Crippen molar-refractivity contribution in [2.75, 3.05) is 6.54 Å². The van der Waals surface area contributed by atoms with Gasteiger partial charge >= 0.3 is 0 Å². The predicted molar refractivity (Wildman–Crippen MR) is 80.1 cm³/mol. The average Bonchev–Trinajstić information content (AvgIpc) is 3.45. The van der Waals surface area contributed by atoms with E-state index in [2.05, 4.69) is 39.8 Å². The normalized spacial score (nSPS) is 19.6. The van der Waals surface area contributed by atoms with Gasteiger partial charge in [0.05, 0.1) is 5.41 Å². The Balaban J connectivity index is 1.39. The molecule has 2 aliphatic rings. The van der Waals surface area contributed by atoms with Crippen molar-refractivity contribution >= 4 is 0 Å². The largest absolute Gasteiger partial charge is 0.424 e. The molecule has 4 rings (SSSR count). The van der Waals surface area contributed by atoms with Gasteiger partial charge in [-0.25, -0.2) is 0 Å². The molecule has 2 fully saturated rings. The topological polar surface area (TPSA) is 51.0 Å². The summed E-state index contributed by atoms with van der Waals surface area (Å²) in [7, 11) is 0. The van der Waals surface area contributed by atoms with E-state index in [0.29, 0.717) is 0 Å². The van der Waals surface area contributed by atoms with Crippen molar-refractivity contribution < 1.29 is 4.42 Å². The minimum Gasteiger partial charge on any atom is -0.424 e. The summed E-state index contributed by atoms with van der Waals surface area (Å²) in [5.41, 5.74) is 1.30. The van der Waals surface area contributed by atoms with Crippen molar-refractivity contribution in [3.05, 3.63) is 47.7 Å². The van der Waals surface area contributed by atoms with Crippen molar-refractivity contribution in [2.24, 2.45) is 0 Å². The van der Waals surface area contributed by atoms with Crippen molar-refractivity contribution in [3.8, 4) is 0 Å². The first-order chi connectivity index (χ1) is 10.4. The smallest absolute Gasteiger partial charge is 0.227 e. The summed E-state index contributed by atoms with van der Waals surface area (Å²) in [5, 5.41) is 12.1. The molecule has 1 heterocycles. The molecule has 1 aromatic carbocycles. The van der Waals surface area contributed by atoms with Crippen LogP contribution in [0.1, 0.15) is 49.4 Å². The van der Waals surface area contributed by atoms with E-state index in [0.717, 1.165) is 50.1 Å². The zero-order chi connectivity index (χ0) is 14.1. The Morgan fingerprint density at radius 2 is 1.95 bits per heavy atom. The van der Waals surface area contributed by atoms with Crippen molar-refractivity contribution in [1.29, 1.82) is 0 Å². The van der Waals surface area contributed by atoms with Crippen molar-refractivity contribution in [3.63, 3.8) is 0 Å². The van der Waals surface area contributed by atoms with Gasteiger partial charge in [-0.15, -0.1) is 10.2 Å². The maximum atomic E-state index is 5.94. The van der Waals surface area contributed by atoms with Gasteiger partial charge in [-0.05, 0) is 44.2 Å². The van der Waals surface area contributed by atoms with Crippen LogP contribution in [-0.2, 0) is 11.8 Å². The molecule has 0 saturated heterocycles. The number of nitrogens with zero attached hydrogens (tertiary/aromatic N) is 2. The SMILES string of the molecule is c1ccc(C2(c3nnc(CCCNC4CC4)o3)CC2)cc1. The zero-order valence-corrected chi connectivity index (χ0v) is 12.2. The average molecular weight is 283 g/mol. The first-order valence-corrected chi connectivity index (χ1v) is 7.99. The van der Waals surface area contributed by atoms with Gasteiger partial charge in [0.2, 0.25) is 11.8 Å². The minimum absolute atomic E-state index is 0.00122. The molecule has 0 atom stereocenters. The fraction of sp³-hybridized carbons (Fsp3) is 0.529. The third kappa shape index (κ3) is 2.72. The van der Waals surface area contributed by atoms with Crippen LogP contribution in [0.5, 0.6) is 0 Å². The summed E-state index contributed by atoms with van der Waals surface area (Å²) in [6.45, 7) is 1.05. The second-order valence-electron chi connectivity index (χ2n) is 6.28. The highest BCUT2D eigenvalue weighted by Crippen LogP contribution is 2.52. The lowest BCUT2D eigenvalue weighted by molar-refractivity contribution is 0.420. The number of benzene rings is 1. The first-order valence-electron chi connectivity index (χ1n) is 7.99. The van der Waals surface area contributed by atoms with Gasteiger partial charge in [0, 0.05) is 12.5 Å². The second kappa shape index (κ2) is 5.26. The molecule has 0 unspecified atom stereocenters. The van der Waals surface area contributed by atoms with Crippen LogP contribution in [0.2, 0.25) is 0 Å². The molecule has 1 N–H and O–H groups in total. The number of rotatable bonds is 7. The van der Waals surface area contributed by atoms with E-state index in [-0.39, 0.29) is 5.41 Å². The predicted octanol–water partition coefficient (Wildman–Crippen LogP) is 2.83. The third-order valence-corrected chi connectivity index (χ3v) is 4.53. The zero-order valence-electron chi connectivity index (χ0n) is 12.2. The number of aryl methyl sites for hydroxylation is 1. The van der Waals surface area contributed by atoms with Crippen LogP contribution in [0.3, 0.4) is 0 Å². The van der Waals surface area contributed by atoms with E-state index in [1.54, 1.807) is 0 Å². The Hall–Kier alpha value is -1.68. The first kappa shape index (κ1) is 13.0. The van der Waals surface area contributed by atoms with Crippen LogP contribution >= 0.6 is 0 Å². The number of hydrogen-bond acceptors (Lipinski definition) is 4. The maximum Gasteiger partial charge on any atom is 0.227 e. The summed E-state index contributed by atoms with van der Waals surface area (Å²) in [6.07, 6.45) is 6.84. The standard InChI is InChI=1S/C17H21N3O/c1-2-5-13(6-3-1)17(10-11-17)16-20-19-15(21-16)7-4-12-18-14-8-9-14/h1-3,5-6,14,18H,4,7-12H2. The molecule has 0 aliphatic heterocycles. The molecule has 0 radical (unpaired) electrons. The molecule has 2 saturated carbocycles. The summed E-state index contributed by atoms with van der Waals surface area (Å²) < 4.78 is 5.94. The molecule has 0 amide bonds. The van der Waals surface area contributed by atoms with Crippen LogP contribution in [0.4, 0.5) is 0 Å². The Morgan fingerprint density at radius 3 is 2.67 bits per heavy atom. The van der Waals surface area contributed by atoms with Gasteiger partial charge < -0.3 is 9.73 Å². The van der Waals surface area contributed by atoms with Gasteiger partial charge in [-0.1, -0.05) is 30.3 Å². The van der Waals surface area contributed by atoms with E-state index in [4.69, 9.17) is 4.42 Å². The molecule has 4 nitrogen and oxygen atoms in total. The van der Waals surface area contributed by atoms with E-state index in [1.165, 1.54) is 18.4 Å². The Bertz CT molecular complexity index is 600. The van der Waals surface area contributed by atoms with Crippen molar-refractivity contribution in [1.82, 2.24) is 15.5 Å². The number of nitrogens with one attached hydrogen (secondary N) is 1. The quantitative estimate of drug-likeness (QED) is 0.794. The fourth-order valence-corrected chi connectivity index (χ4v) is 2.89. The molecule has 2 aromatic rings. The van der Waals surface area contributed by atoms with E-state index in [9.17, 15) is 0 Å². The monoisotopic (exact) mass is 283 g/mol. The second-order valence-corrected chi connectivity index (χ2v) is 6.28. The van der Waals surface area contributed by atoms with E-state index < -0.39 is 0 Å². The number of aromatic nitrogens is 2. The van der Waals surface area contributed by atoms with Crippen molar-refractivity contribution in [2.45, 2.75) is 50.0 Å². The van der Waals surface area contributed by atoms with Gasteiger partial charge in [0.15, 0.2) is 0 Å². The highest BCUT2D eigenvalue weighted by atomic mass is 16.4. The van der Waals surface area contributed by atoms with Crippen LogP contribution < -0.4 is 5.32 Å². The van der Waals surface area contributed by atoms with Gasteiger partial charge in [0.25, 0.3) is 0 Å². The molecule has 2 aliphatic carbocycles. The minimum atomic E-state index is -0.00122. The molecule has 0 bridgehead atoms. The maximum absolute atomic E-state index is 5.94. The summed E-state index contributed by atoms with van der Waals surface area (Å²) in [6, 6.07) is 11.3. The number of hydrogen-bond donors (Lipinski definition) is 1. The lowest BCUT2D eigenvalue weighted by Crippen LogP contribution is -2.17. The lowest BCUT2D eigenvalue weighted by atomic mass is 9.96. The van der Waals surface area contributed by atoms with Gasteiger partial charge in [-0.3, -0.25) is 0 Å². The lowest BCUT2D eigenvalue weighted by Gasteiger charge is -2.10. The molecule has 0 spiro atoms. The Kier molecular flexibility index (Phi) is 3.26. The fourth-order valence-electron chi connectivity index (χ4n) is 2.89. The molecule has 110 valence electrons. The molecular weight excluding hydrogens is 262 g/mol. The van der Waals surface area contributed by atoms with E-state index >= 15 is 0 Å². The van der Waals surface area contributed by atoms with Crippen LogP contribution in [0.15, 0.2) is 34.7 Å². The van der Waals surface area contributed by atoms with Gasteiger partial charge in [0.1, 0.15) is 0 Å². The molecular formula is C17H21N3O. The third-order valence-electron chi connectivity index (χ3n) is 4.53. The summed E-state index contributed by atoms with van der Waals surface area (Å²) >= 11 is 0. The van der Waals surface area contributed by atoms with Crippen LogP contribution in [0.25, 0.3) is 0 Å². The molecule has 21 heavy (non-hydrogen) atoms. The highest BCUT2D eigenvalue weighted by Gasteiger charge is 2.50. The Labute approximate surface area is 125 Å². The van der Waals surface area contributed by atoms with Gasteiger partial charge in [-0.2, -0.15) is 0 Å².